The molecule has 5 rings (SSSR count). The Labute approximate surface area is 193 Å². The van der Waals surface area contributed by atoms with Crippen LogP contribution < -0.4 is 14.5 Å². The van der Waals surface area contributed by atoms with Crippen molar-refractivity contribution in [1.29, 1.82) is 0 Å². The topological polar surface area (TPSA) is 74.9 Å². The van der Waals surface area contributed by atoms with Gasteiger partial charge in [0.25, 0.3) is 0 Å². The van der Waals surface area contributed by atoms with Gasteiger partial charge in [-0.25, -0.2) is 0 Å². The van der Waals surface area contributed by atoms with Crippen molar-refractivity contribution in [1.82, 2.24) is 15.1 Å². The first-order valence-corrected chi connectivity index (χ1v) is 11.5. The summed E-state index contributed by atoms with van der Waals surface area (Å²) in [6, 6.07) is 15.7. The zero-order valence-corrected chi connectivity index (χ0v) is 18.9. The van der Waals surface area contributed by atoms with Crippen LogP contribution in [0.5, 0.6) is 5.75 Å². The van der Waals surface area contributed by atoms with Gasteiger partial charge in [0.05, 0.1) is 13.4 Å². The number of nitrogens with zero attached hydrogens (tertiary/aromatic N) is 5. The highest BCUT2D eigenvalue weighted by atomic mass is 16.5. The lowest BCUT2D eigenvalue weighted by Gasteiger charge is -2.39. The Kier molecular flexibility index (Phi) is 6.15. The third-order valence-electron chi connectivity index (χ3n) is 6.60. The summed E-state index contributed by atoms with van der Waals surface area (Å²) in [5.74, 6) is 2.80. The number of methoxy groups -OCH3 is 1. The molecule has 0 bridgehead atoms. The van der Waals surface area contributed by atoms with E-state index in [1.54, 1.807) is 13.4 Å². The molecule has 1 aromatic carbocycles. The van der Waals surface area contributed by atoms with E-state index in [1.165, 1.54) is 0 Å². The number of anilines is 2. The highest BCUT2D eigenvalue weighted by molar-refractivity contribution is 5.79. The maximum absolute atomic E-state index is 13.1. The van der Waals surface area contributed by atoms with E-state index in [-0.39, 0.29) is 5.92 Å². The van der Waals surface area contributed by atoms with Gasteiger partial charge in [-0.3, -0.25) is 4.79 Å². The lowest BCUT2D eigenvalue weighted by Crippen LogP contribution is -2.51. The SMILES string of the molecule is COc1cccc(N2CCN(C(=O)C3CCN(c4ccc(-c5ccco5)nn4)CC3)CC2)c1. The number of piperidine rings is 1. The van der Waals surface area contributed by atoms with Crippen LogP contribution in [0.4, 0.5) is 11.5 Å². The Balaban J connectivity index is 1.12. The van der Waals surface area contributed by atoms with Gasteiger partial charge in [-0.1, -0.05) is 6.07 Å². The fourth-order valence-corrected chi connectivity index (χ4v) is 4.66. The summed E-state index contributed by atoms with van der Waals surface area (Å²) in [7, 11) is 1.68. The summed E-state index contributed by atoms with van der Waals surface area (Å²) in [5.41, 5.74) is 1.87. The number of aromatic nitrogens is 2. The van der Waals surface area contributed by atoms with Crippen molar-refractivity contribution in [3.63, 3.8) is 0 Å². The molecule has 8 nitrogen and oxygen atoms in total. The van der Waals surface area contributed by atoms with Gasteiger partial charge in [0.15, 0.2) is 11.6 Å². The number of piperazine rings is 1. The van der Waals surface area contributed by atoms with E-state index in [4.69, 9.17) is 9.15 Å². The van der Waals surface area contributed by atoms with Crippen molar-refractivity contribution in [3.05, 3.63) is 54.8 Å². The van der Waals surface area contributed by atoms with Crippen LogP contribution in [0.3, 0.4) is 0 Å². The molecule has 2 saturated heterocycles. The number of ether oxygens (including phenoxy) is 1. The van der Waals surface area contributed by atoms with E-state index >= 15 is 0 Å². The third kappa shape index (κ3) is 4.65. The van der Waals surface area contributed by atoms with Crippen LogP contribution in [-0.4, -0.2) is 67.4 Å². The van der Waals surface area contributed by atoms with Crippen molar-refractivity contribution in [3.8, 4) is 17.2 Å². The molecule has 1 amide bonds. The molecule has 2 aromatic heterocycles. The Hall–Kier alpha value is -3.55. The van der Waals surface area contributed by atoms with E-state index in [0.717, 1.165) is 75.1 Å². The maximum atomic E-state index is 13.1. The minimum atomic E-state index is 0.0833. The highest BCUT2D eigenvalue weighted by Gasteiger charge is 2.31. The first-order chi connectivity index (χ1) is 16.2. The quantitative estimate of drug-likeness (QED) is 0.594. The highest BCUT2D eigenvalue weighted by Crippen LogP contribution is 2.26. The standard InChI is InChI=1S/C25H29N5O3/c1-32-21-5-2-4-20(18-21)28-13-15-30(16-14-28)25(31)19-9-11-29(12-10-19)24-8-7-22(26-27-24)23-6-3-17-33-23/h2-8,17-19H,9-16H2,1H3. The van der Waals surface area contributed by atoms with Crippen LogP contribution >= 0.6 is 0 Å². The van der Waals surface area contributed by atoms with Gasteiger partial charge in [0, 0.05) is 56.9 Å². The van der Waals surface area contributed by atoms with Crippen molar-refractivity contribution in [2.75, 3.05) is 56.2 Å². The minimum Gasteiger partial charge on any atom is -0.497 e. The molecular weight excluding hydrogens is 418 g/mol. The van der Waals surface area contributed by atoms with Crippen LogP contribution in [0.1, 0.15) is 12.8 Å². The second-order valence-corrected chi connectivity index (χ2v) is 8.53. The van der Waals surface area contributed by atoms with Gasteiger partial charge in [-0.05, 0) is 49.2 Å². The van der Waals surface area contributed by atoms with Crippen LogP contribution in [0.25, 0.3) is 11.5 Å². The van der Waals surface area contributed by atoms with Gasteiger partial charge < -0.3 is 23.9 Å². The molecule has 0 saturated carbocycles. The molecule has 0 aliphatic carbocycles. The molecule has 0 unspecified atom stereocenters. The summed E-state index contributed by atoms with van der Waals surface area (Å²) in [5, 5.41) is 8.67. The van der Waals surface area contributed by atoms with Gasteiger partial charge in [0.2, 0.25) is 5.91 Å². The molecule has 8 heteroatoms. The van der Waals surface area contributed by atoms with Crippen molar-refractivity contribution >= 4 is 17.4 Å². The normalized spacial score (nSPS) is 17.3. The average Bonchev–Trinajstić information content (AvgIpc) is 3.44. The summed E-state index contributed by atoms with van der Waals surface area (Å²) in [6.07, 6.45) is 3.32. The smallest absolute Gasteiger partial charge is 0.225 e. The number of rotatable bonds is 5. The largest absolute Gasteiger partial charge is 0.497 e. The second kappa shape index (κ2) is 9.52. The van der Waals surface area contributed by atoms with E-state index in [1.807, 2.05) is 41.3 Å². The molecule has 0 N–H and O–H groups in total. The van der Waals surface area contributed by atoms with Gasteiger partial charge in [-0.15, -0.1) is 10.2 Å². The van der Waals surface area contributed by atoms with Crippen molar-refractivity contribution < 1.29 is 13.9 Å². The van der Waals surface area contributed by atoms with Gasteiger partial charge in [0.1, 0.15) is 11.4 Å². The molecule has 0 radical (unpaired) electrons. The first kappa shape index (κ1) is 21.3. The van der Waals surface area contributed by atoms with Crippen molar-refractivity contribution in [2.45, 2.75) is 12.8 Å². The van der Waals surface area contributed by atoms with Crippen LogP contribution in [0.2, 0.25) is 0 Å². The summed E-state index contributed by atoms with van der Waals surface area (Å²) < 4.78 is 10.7. The molecule has 2 fully saturated rings. The molecule has 0 spiro atoms. The zero-order valence-electron chi connectivity index (χ0n) is 18.9. The zero-order chi connectivity index (χ0) is 22.6. The predicted molar refractivity (Wildman–Crippen MR) is 126 cm³/mol. The van der Waals surface area contributed by atoms with Gasteiger partial charge >= 0.3 is 0 Å². The molecule has 172 valence electrons. The predicted octanol–water partition coefficient (Wildman–Crippen LogP) is 3.31. The Bertz CT molecular complexity index is 1050. The van der Waals surface area contributed by atoms with E-state index < -0.39 is 0 Å². The fourth-order valence-electron chi connectivity index (χ4n) is 4.66. The molecular formula is C25H29N5O3. The van der Waals surface area contributed by atoms with Crippen LogP contribution in [0, 0.1) is 5.92 Å². The number of benzene rings is 1. The van der Waals surface area contributed by atoms with E-state index in [9.17, 15) is 4.79 Å². The van der Waals surface area contributed by atoms with Gasteiger partial charge in [-0.2, -0.15) is 0 Å². The first-order valence-electron chi connectivity index (χ1n) is 11.5. The second-order valence-electron chi connectivity index (χ2n) is 8.53. The number of carbonyl (C=O) groups excluding carboxylic acids is 1. The lowest BCUT2D eigenvalue weighted by atomic mass is 9.95. The minimum absolute atomic E-state index is 0.0833. The van der Waals surface area contributed by atoms with E-state index in [2.05, 4.69) is 32.1 Å². The molecule has 0 atom stereocenters. The lowest BCUT2D eigenvalue weighted by molar-refractivity contribution is -0.136. The summed E-state index contributed by atoms with van der Waals surface area (Å²) in [4.78, 5) is 19.7. The molecule has 33 heavy (non-hydrogen) atoms. The Morgan fingerprint density at radius 1 is 0.939 bits per heavy atom. The number of carbonyl (C=O) groups is 1. The monoisotopic (exact) mass is 447 g/mol. The van der Waals surface area contributed by atoms with Crippen LogP contribution in [0.15, 0.2) is 59.2 Å². The van der Waals surface area contributed by atoms with Crippen LogP contribution in [-0.2, 0) is 4.79 Å². The number of hydrogen-bond acceptors (Lipinski definition) is 7. The summed E-state index contributed by atoms with van der Waals surface area (Å²) in [6.45, 7) is 4.83. The molecule has 4 heterocycles. The number of furan rings is 1. The van der Waals surface area contributed by atoms with Crippen molar-refractivity contribution in [2.24, 2.45) is 5.92 Å². The molecule has 3 aromatic rings. The Morgan fingerprint density at radius 2 is 1.76 bits per heavy atom. The number of hydrogen-bond donors (Lipinski definition) is 0. The maximum Gasteiger partial charge on any atom is 0.225 e. The fraction of sp³-hybridized carbons (Fsp3) is 0.400. The number of amides is 1. The molecule has 2 aliphatic heterocycles. The third-order valence-corrected chi connectivity index (χ3v) is 6.60. The summed E-state index contributed by atoms with van der Waals surface area (Å²) >= 11 is 0. The van der Waals surface area contributed by atoms with E-state index in [0.29, 0.717) is 11.7 Å². The average molecular weight is 448 g/mol. The molecule has 2 aliphatic rings. The Morgan fingerprint density at radius 3 is 2.42 bits per heavy atom.